The summed E-state index contributed by atoms with van der Waals surface area (Å²) in [4.78, 5) is 32.1. The van der Waals surface area contributed by atoms with Gasteiger partial charge < -0.3 is 10.2 Å². The van der Waals surface area contributed by atoms with Crippen molar-refractivity contribution in [3.05, 3.63) is 86.9 Å². The van der Waals surface area contributed by atoms with Crippen LogP contribution in [-0.2, 0) is 13.0 Å². The van der Waals surface area contributed by atoms with Gasteiger partial charge in [0.2, 0.25) is 0 Å². The number of hydrogen-bond donors (Lipinski definition) is 1. The number of nitrogens with zero attached hydrogens (tertiary/aromatic N) is 2. The van der Waals surface area contributed by atoms with E-state index in [0.717, 1.165) is 35.5 Å². The minimum absolute atomic E-state index is 0.0279. The molecule has 2 aromatic carbocycles. The lowest BCUT2D eigenvalue weighted by molar-refractivity contribution is 0.0788. The fourth-order valence-corrected chi connectivity index (χ4v) is 4.37. The van der Waals surface area contributed by atoms with E-state index in [2.05, 4.69) is 22.4 Å². The molecule has 154 valence electrons. The standard InChI is InChI=1S/C24H25N3O2S/c1-16-22(30-21(25-16)14-17-6-4-3-5-7-17)24(29)27(2)15-18-8-10-19(11-9-18)23(28)26-20-12-13-20/h3-11,20H,12-15H2,1-2H3,(H,26,28). The number of aryl methyl sites for hydroxylation is 1. The maximum absolute atomic E-state index is 13.0. The van der Waals surface area contributed by atoms with Crippen LogP contribution >= 0.6 is 11.3 Å². The average Bonchev–Trinajstić information content (AvgIpc) is 3.49. The Labute approximate surface area is 180 Å². The van der Waals surface area contributed by atoms with E-state index < -0.39 is 0 Å². The van der Waals surface area contributed by atoms with Crippen molar-refractivity contribution in [1.82, 2.24) is 15.2 Å². The Bertz CT molecular complexity index is 1040. The number of thiazole rings is 1. The molecule has 1 aliphatic carbocycles. The molecule has 2 amide bonds. The summed E-state index contributed by atoms with van der Waals surface area (Å²) < 4.78 is 0. The largest absolute Gasteiger partial charge is 0.349 e. The van der Waals surface area contributed by atoms with Crippen LogP contribution in [0.2, 0.25) is 0 Å². The van der Waals surface area contributed by atoms with Gasteiger partial charge in [-0.1, -0.05) is 42.5 Å². The van der Waals surface area contributed by atoms with Crippen LogP contribution in [0, 0.1) is 6.92 Å². The lowest BCUT2D eigenvalue weighted by Crippen LogP contribution is -2.26. The molecule has 0 radical (unpaired) electrons. The SMILES string of the molecule is Cc1nc(Cc2ccccc2)sc1C(=O)N(C)Cc1ccc(C(=O)NC2CC2)cc1. The van der Waals surface area contributed by atoms with E-state index in [4.69, 9.17) is 0 Å². The number of amides is 2. The first-order chi connectivity index (χ1) is 14.5. The first-order valence-corrected chi connectivity index (χ1v) is 11.0. The van der Waals surface area contributed by atoms with Gasteiger partial charge in [0, 0.05) is 31.6 Å². The molecule has 0 aliphatic heterocycles. The molecular formula is C24H25N3O2S. The Morgan fingerprint density at radius 3 is 2.43 bits per heavy atom. The van der Waals surface area contributed by atoms with E-state index in [1.165, 1.54) is 16.9 Å². The smallest absolute Gasteiger partial charge is 0.265 e. The molecule has 5 nitrogen and oxygen atoms in total. The van der Waals surface area contributed by atoms with E-state index >= 15 is 0 Å². The summed E-state index contributed by atoms with van der Waals surface area (Å²) in [5.74, 6) is -0.0559. The molecule has 4 rings (SSSR count). The van der Waals surface area contributed by atoms with E-state index in [9.17, 15) is 9.59 Å². The van der Waals surface area contributed by atoms with Crippen LogP contribution in [0.5, 0.6) is 0 Å². The third kappa shape index (κ3) is 4.94. The molecule has 6 heteroatoms. The quantitative estimate of drug-likeness (QED) is 0.624. The van der Waals surface area contributed by atoms with Gasteiger partial charge in [0.15, 0.2) is 0 Å². The third-order valence-electron chi connectivity index (χ3n) is 5.13. The Kier molecular flexibility index (Phi) is 5.95. The molecule has 0 bridgehead atoms. The van der Waals surface area contributed by atoms with Crippen LogP contribution in [0.25, 0.3) is 0 Å². The van der Waals surface area contributed by atoms with Crippen LogP contribution in [-0.4, -0.2) is 34.8 Å². The van der Waals surface area contributed by atoms with Crippen molar-refractivity contribution in [1.29, 1.82) is 0 Å². The van der Waals surface area contributed by atoms with Gasteiger partial charge in [-0.3, -0.25) is 9.59 Å². The zero-order chi connectivity index (χ0) is 21.1. The molecule has 3 aromatic rings. The summed E-state index contributed by atoms with van der Waals surface area (Å²) in [5, 5.41) is 3.93. The van der Waals surface area contributed by atoms with Crippen molar-refractivity contribution in [3.8, 4) is 0 Å². The molecule has 1 saturated carbocycles. The molecule has 1 heterocycles. The second-order valence-corrected chi connectivity index (χ2v) is 8.87. The lowest BCUT2D eigenvalue weighted by atomic mass is 10.1. The molecule has 30 heavy (non-hydrogen) atoms. The first kappa shape index (κ1) is 20.3. The highest BCUT2D eigenvalue weighted by Gasteiger charge is 2.24. The van der Waals surface area contributed by atoms with Gasteiger partial charge in [0.25, 0.3) is 11.8 Å². The molecule has 0 unspecified atom stereocenters. The van der Waals surface area contributed by atoms with Gasteiger partial charge in [-0.25, -0.2) is 4.98 Å². The fourth-order valence-electron chi connectivity index (χ4n) is 3.27. The summed E-state index contributed by atoms with van der Waals surface area (Å²) >= 11 is 1.46. The zero-order valence-corrected chi connectivity index (χ0v) is 18.0. The number of aromatic nitrogens is 1. The molecule has 1 aromatic heterocycles. The first-order valence-electron chi connectivity index (χ1n) is 10.1. The van der Waals surface area contributed by atoms with Crippen LogP contribution in [0.3, 0.4) is 0 Å². The van der Waals surface area contributed by atoms with Gasteiger partial charge in [-0.15, -0.1) is 11.3 Å². The predicted octanol–water partition coefficient (Wildman–Crippen LogP) is 4.21. The van der Waals surface area contributed by atoms with Crippen LogP contribution < -0.4 is 5.32 Å². The second kappa shape index (κ2) is 8.79. The van der Waals surface area contributed by atoms with E-state index in [0.29, 0.717) is 23.0 Å². The Morgan fingerprint density at radius 1 is 1.07 bits per heavy atom. The van der Waals surface area contributed by atoms with Crippen molar-refractivity contribution in [2.45, 2.75) is 38.8 Å². The van der Waals surface area contributed by atoms with E-state index in [-0.39, 0.29) is 11.8 Å². The number of carbonyl (C=O) groups excluding carboxylic acids is 2. The number of carbonyl (C=O) groups is 2. The minimum atomic E-state index is -0.0280. The maximum atomic E-state index is 13.0. The van der Waals surface area contributed by atoms with Gasteiger partial charge in [0.1, 0.15) is 4.88 Å². The lowest BCUT2D eigenvalue weighted by Gasteiger charge is -2.17. The van der Waals surface area contributed by atoms with Gasteiger partial charge in [-0.05, 0) is 43.0 Å². The molecule has 0 spiro atoms. The molecule has 1 fully saturated rings. The van der Waals surface area contributed by atoms with Crippen LogP contribution in [0.15, 0.2) is 54.6 Å². The van der Waals surface area contributed by atoms with E-state index in [1.807, 2.05) is 49.4 Å². The summed E-state index contributed by atoms with van der Waals surface area (Å²) in [6.45, 7) is 2.37. The summed E-state index contributed by atoms with van der Waals surface area (Å²) in [6, 6.07) is 18.0. The van der Waals surface area contributed by atoms with Crippen molar-refractivity contribution < 1.29 is 9.59 Å². The summed E-state index contributed by atoms with van der Waals surface area (Å²) in [7, 11) is 1.80. The topological polar surface area (TPSA) is 62.3 Å². The number of rotatable bonds is 7. The predicted molar refractivity (Wildman–Crippen MR) is 119 cm³/mol. The van der Waals surface area contributed by atoms with Crippen LogP contribution in [0.1, 0.15) is 54.7 Å². The average molecular weight is 420 g/mol. The van der Waals surface area contributed by atoms with Gasteiger partial charge >= 0.3 is 0 Å². The highest BCUT2D eigenvalue weighted by Crippen LogP contribution is 2.23. The number of nitrogens with one attached hydrogen (secondary N) is 1. The monoisotopic (exact) mass is 419 g/mol. The van der Waals surface area contributed by atoms with Crippen molar-refractivity contribution in [2.24, 2.45) is 0 Å². The normalized spacial score (nSPS) is 13.1. The third-order valence-corrected chi connectivity index (χ3v) is 6.27. The molecule has 0 atom stereocenters. The Morgan fingerprint density at radius 2 is 1.77 bits per heavy atom. The Balaban J connectivity index is 1.39. The van der Waals surface area contributed by atoms with Gasteiger partial charge in [0.05, 0.1) is 10.7 Å². The van der Waals surface area contributed by atoms with Crippen LogP contribution in [0.4, 0.5) is 0 Å². The van der Waals surface area contributed by atoms with Crippen molar-refractivity contribution >= 4 is 23.2 Å². The Hall–Kier alpha value is -2.99. The summed E-state index contributed by atoms with van der Waals surface area (Å²) in [5.41, 5.74) is 3.60. The van der Waals surface area contributed by atoms with E-state index in [1.54, 1.807) is 11.9 Å². The molecule has 1 aliphatic rings. The van der Waals surface area contributed by atoms with Crippen molar-refractivity contribution in [3.63, 3.8) is 0 Å². The highest BCUT2D eigenvalue weighted by molar-refractivity contribution is 7.13. The number of benzene rings is 2. The minimum Gasteiger partial charge on any atom is -0.349 e. The highest BCUT2D eigenvalue weighted by atomic mass is 32.1. The molecule has 1 N–H and O–H groups in total. The second-order valence-electron chi connectivity index (χ2n) is 7.79. The van der Waals surface area contributed by atoms with Gasteiger partial charge in [-0.2, -0.15) is 0 Å². The summed E-state index contributed by atoms with van der Waals surface area (Å²) in [6.07, 6.45) is 2.87. The molecule has 0 saturated heterocycles. The number of hydrogen-bond acceptors (Lipinski definition) is 4. The molecular weight excluding hydrogens is 394 g/mol. The maximum Gasteiger partial charge on any atom is 0.265 e. The zero-order valence-electron chi connectivity index (χ0n) is 17.2. The fraction of sp³-hybridized carbons (Fsp3) is 0.292. The van der Waals surface area contributed by atoms with Crippen molar-refractivity contribution in [2.75, 3.05) is 7.05 Å².